The Kier molecular flexibility index (Phi) is 2.28. The summed E-state index contributed by atoms with van der Waals surface area (Å²) in [5.74, 6) is 0.436. The molecule has 0 bridgehead atoms. The molecule has 1 fully saturated rings. The van der Waals surface area contributed by atoms with E-state index in [9.17, 15) is 0 Å². The van der Waals surface area contributed by atoms with E-state index in [4.69, 9.17) is 10.1 Å². The van der Waals surface area contributed by atoms with Crippen LogP contribution in [-0.4, -0.2) is 12.5 Å². The summed E-state index contributed by atoms with van der Waals surface area (Å²) < 4.78 is 5.30. The normalized spacial score (nSPS) is 26.2. The maximum atomic E-state index is 7.87. The third-order valence-electron chi connectivity index (χ3n) is 3.14. The standard InChI is InChI=1S/C12H15NO/c1-2-12(8-9-14-11(12)13)10-6-4-3-5-7-10/h3-7,13H,2,8-9H2,1H3. The lowest BCUT2D eigenvalue weighted by atomic mass is 9.77. The largest absolute Gasteiger partial charge is 0.480 e. The molecule has 1 heterocycles. The van der Waals surface area contributed by atoms with E-state index in [-0.39, 0.29) is 5.41 Å². The molecule has 0 aromatic heterocycles. The van der Waals surface area contributed by atoms with E-state index < -0.39 is 0 Å². The zero-order valence-corrected chi connectivity index (χ0v) is 8.42. The van der Waals surface area contributed by atoms with E-state index >= 15 is 0 Å². The molecule has 0 saturated carbocycles. The van der Waals surface area contributed by atoms with Gasteiger partial charge in [0.2, 0.25) is 0 Å². The van der Waals surface area contributed by atoms with Crippen LogP contribution in [0.4, 0.5) is 0 Å². The van der Waals surface area contributed by atoms with E-state index in [0.29, 0.717) is 12.5 Å². The van der Waals surface area contributed by atoms with Crippen LogP contribution >= 0.6 is 0 Å². The molecule has 1 N–H and O–H groups in total. The predicted molar refractivity (Wildman–Crippen MR) is 56.7 cm³/mol. The fourth-order valence-corrected chi connectivity index (χ4v) is 2.15. The SMILES string of the molecule is CCC1(c2ccccc2)CCOC1=N. The first-order chi connectivity index (χ1) is 6.79. The van der Waals surface area contributed by atoms with Crippen LogP contribution in [0.3, 0.4) is 0 Å². The fourth-order valence-electron chi connectivity index (χ4n) is 2.15. The molecule has 0 aliphatic carbocycles. The maximum Gasteiger partial charge on any atom is 0.191 e. The van der Waals surface area contributed by atoms with E-state index in [2.05, 4.69) is 19.1 Å². The van der Waals surface area contributed by atoms with Crippen LogP contribution in [0, 0.1) is 5.41 Å². The van der Waals surface area contributed by atoms with Crippen LogP contribution < -0.4 is 0 Å². The quantitative estimate of drug-likeness (QED) is 0.762. The summed E-state index contributed by atoms with van der Waals surface area (Å²) in [6.45, 7) is 2.80. The number of rotatable bonds is 2. The second-order valence-electron chi connectivity index (χ2n) is 3.73. The molecule has 1 saturated heterocycles. The molecular formula is C12H15NO. The lowest BCUT2D eigenvalue weighted by molar-refractivity contribution is 0.341. The van der Waals surface area contributed by atoms with Crippen molar-refractivity contribution in [2.24, 2.45) is 0 Å². The summed E-state index contributed by atoms with van der Waals surface area (Å²) in [4.78, 5) is 0. The topological polar surface area (TPSA) is 33.1 Å². The highest BCUT2D eigenvalue weighted by molar-refractivity contribution is 5.87. The Labute approximate surface area is 84.4 Å². The third-order valence-corrected chi connectivity index (χ3v) is 3.14. The lowest BCUT2D eigenvalue weighted by Gasteiger charge is -2.25. The van der Waals surface area contributed by atoms with Crippen molar-refractivity contribution < 1.29 is 4.74 Å². The van der Waals surface area contributed by atoms with Crippen molar-refractivity contribution in [1.82, 2.24) is 0 Å². The van der Waals surface area contributed by atoms with Crippen molar-refractivity contribution >= 4 is 5.90 Å². The van der Waals surface area contributed by atoms with Gasteiger partial charge in [-0.3, -0.25) is 5.41 Å². The van der Waals surface area contributed by atoms with E-state index in [1.54, 1.807) is 0 Å². The summed E-state index contributed by atoms with van der Waals surface area (Å²) in [6, 6.07) is 10.2. The number of hydrogen-bond acceptors (Lipinski definition) is 2. The van der Waals surface area contributed by atoms with Crippen molar-refractivity contribution in [1.29, 1.82) is 5.41 Å². The van der Waals surface area contributed by atoms with Gasteiger partial charge in [-0.15, -0.1) is 0 Å². The van der Waals surface area contributed by atoms with Crippen molar-refractivity contribution in [2.45, 2.75) is 25.2 Å². The highest BCUT2D eigenvalue weighted by Crippen LogP contribution is 2.37. The average Bonchev–Trinajstić information content (AvgIpc) is 2.62. The summed E-state index contributed by atoms with van der Waals surface area (Å²) in [7, 11) is 0. The highest BCUT2D eigenvalue weighted by Gasteiger charge is 2.41. The lowest BCUT2D eigenvalue weighted by Crippen LogP contribution is -2.29. The molecule has 1 atom stereocenters. The molecule has 0 radical (unpaired) electrons. The van der Waals surface area contributed by atoms with Crippen molar-refractivity contribution in [2.75, 3.05) is 6.61 Å². The molecule has 1 aliphatic heterocycles. The van der Waals surface area contributed by atoms with Crippen LogP contribution in [0.1, 0.15) is 25.3 Å². The molecule has 2 rings (SSSR count). The van der Waals surface area contributed by atoms with Crippen molar-refractivity contribution in [3.63, 3.8) is 0 Å². The number of benzene rings is 1. The van der Waals surface area contributed by atoms with Gasteiger partial charge in [0, 0.05) is 0 Å². The van der Waals surface area contributed by atoms with Gasteiger partial charge in [0.05, 0.1) is 12.0 Å². The fraction of sp³-hybridized carbons (Fsp3) is 0.417. The molecule has 1 aliphatic rings. The Hall–Kier alpha value is -1.31. The summed E-state index contributed by atoms with van der Waals surface area (Å²) >= 11 is 0. The predicted octanol–water partition coefficient (Wildman–Crippen LogP) is 2.73. The van der Waals surface area contributed by atoms with Gasteiger partial charge in [0.1, 0.15) is 0 Å². The molecule has 2 heteroatoms. The Balaban J connectivity index is 2.43. The van der Waals surface area contributed by atoms with Crippen LogP contribution in [-0.2, 0) is 10.2 Å². The average molecular weight is 189 g/mol. The van der Waals surface area contributed by atoms with Crippen LogP contribution in [0.2, 0.25) is 0 Å². The van der Waals surface area contributed by atoms with E-state index in [0.717, 1.165) is 12.8 Å². The molecule has 0 amide bonds. The molecule has 74 valence electrons. The van der Waals surface area contributed by atoms with Crippen molar-refractivity contribution in [3.8, 4) is 0 Å². The van der Waals surface area contributed by atoms with Gasteiger partial charge >= 0.3 is 0 Å². The van der Waals surface area contributed by atoms with Crippen molar-refractivity contribution in [3.05, 3.63) is 35.9 Å². The zero-order chi connectivity index (χ0) is 10.0. The smallest absolute Gasteiger partial charge is 0.191 e. The van der Waals surface area contributed by atoms with Gasteiger partial charge in [0.25, 0.3) is 0 Å². The minimum absolute atomic E-state index is 0.152. The first kappa shape index (κ1) is 9.25. The van der Waals surface area contributed by atoms with Crippen LogP contribution in [0.5, 0.6) is 0 Å². The van der Waals surface area contributed by atoms with E-state index in [1.807, 2.05) is 18.2 Å². The molecule has 1 aromatic rings. The number of ether oxygens (including phenoxy) is 1. The van der Waals surface area contributed by atoms with Gasteiger partial charge in [-0.2, -0.15) is 0 Å². The minimum atomic E-state index is -0.152. The third kappa shape index (κ3) is 1.22. The summed E-state index contributed by atoms with van der Waals surface area (Å²) in [6.07, 6.45) is 1.88. The monoisotopic (exact) mass is 189 g/mol. The molecule has 1 unspecified atom stereocenters. The second-order valence-corrected chi connectivity index (χ2v) is 3.73. The van der Waals surface area contributed by atoms with Gasteiger partial charge in [-0.25, -0.2) is 0 Å². The van der Waals surface area contributed by atoms with Gasteiger partial charge in [-0.05, 0) is 18.4 Å². The number of hydrogen-bond donors (Lipinski definition) is 1. The molecule has 1 aromatic carbocycles. The Morgan fingerprint density at radius 1 is 1.36 bits per heavy atom. The van der Waals surface area contributed by atoms with Gasteiger partial charge < -0.3 is 4.74 Å². The van der Waals surface area contributed by atoms with Gasteiger partial charge in [0.15, 0.2) is 5.90 Å². The second kappa shape index (κ2) is 3.45. The van der Waals surface area contributed by atoms with Crippen LogP contribution in [0.25, 0.3) is 0 Å². The summed E-state index contributed by atoms with van der Waals surface area (Å²) in [5, 5.41) is 7.87. The Bertz CT molecular complexity index is 333. The summed E-state index contributed by atoms with van der Waals surface area (Å²) in [5.41, 5.74) is 1.06. The maximum absolute atomic E-state index is 7.87. The Morgan fingerprint density at radius 2 is 2.07 bits per heavy atom. The number of nitrogens with one attached hydrogen (secondary N) is 1. The zero-order valence-electron chi connectivity index (χ0n) is 8.42. The molecular weight excluding hydrogens is 174 g/mol. The van der Waals surface area contributed by atoms with Crippen LogP contribution in [0.15, 0.2) is 30.3 Å². The van der Waals surface area contributed by atoms with E-state index in [1.165, 1.54) is 5.56 Å². The van der Waals surface area contributed by atoms with Gasteiger partial charge in [-0.1, -0.05) is 37.3 Å². The molecule has 0 spiro atoms. The molecule has 2 nitrogen and oxygen atoms in total. The first-order valence-corrected chi connectivity index (χ1v) is 5.07. The Morgan fingerprint density at radius 3 is 2.57 bits per heavy atom. The first-order valence-electron chi connectivity index (χ1n) is 5.07. The highest BCUT2D eigenvalue weighted by atomic mass is 16.5. The molecule has 14 heavy (non-hydrogen) atoms. The minimum Gasteiger partial charge on any atom is -0.480 e.